The lowest BCUT2D eigenvalue weighted by Gasteiger charge is -2.20. The topological polar surface area (TPSA) is 37.4 Å². The molecular weight excluding hydrogens is 238 g/mol. The van der Waals surface area contributed by atoms with E-state index < -0.39 is 0 Å². The van der Waals surface area contributed by atoms with Gasteiger partial charge in [-0.2, -0.15) is 0 Å². The van der Waals surface area contributed by atoms with Crippen molar-refractivity contribution in [2.75, 3.05) is 38.3 Å². The molecule has 1 N–H and O–H groups in total. The van der Waals surface area contributed by atoms with E-state index in [-0.39, 0.29) is 0 Å². The highest BCUT2D eigenvalue weighted by molar-refractivity contribution is 5.41. The van der Waals surface area contributed by atoms with E-state index in [1.165, 1.54) is 12.0 Å². The molecule has 1 aliphatic heterocycles. The Labute approximate surface area is 116 Å². The third-order valence-electron chi connectivity index (χ3n) is 3.62. The number of aromatic nitrogens is 1. The third kappa shape index (κ3) is 4.18. The van der Waals surface area contributed by atoms with Gasteiger partial charge in [-0.3, -0.25) is 0 Å². The largest absolute Gasteiger partial charge is 0.383 e. The highest BCUT2D eigenvalue weighted by atomic mass is 16.5. The SMILES string of the molecule is COCCNCc1ccc(N2CCC(C)(C)C2)nc1. The molecule has 0 amide bonds. The second kappa shape index (κ2) is 6.35. The van der Waals surface area contributed by atoms with Crippen molar-refractivity contribution in [2.45, 2.75) is 26.8 Å². The molecule has 0 bridgehead atoms. The van der Waals surface area contributed by atoms with Crippen LogP contribution in [0.5, 0.6) is 0 Å². The van der Waals surface area contributed by atoms with Crippen LogP contribution in [0.15, 0.2) is 18.3 Å². The second-order valence-electron chi connectivity index (χ2n) is 6.03. The van der Waals surface area contributed by atoms with Crippen LogP contribution < -0.4 is 10.2 Å². The quantitative estimate of drug-likeness (QED) is 0.797. The van der Waals surface area contributed by atoms with E-state index in [4.69, 9.17) is 4.74 Å². The lowest BCUT2D eigenvalue weighted by atomic mass is 9.93. The first-order valence-corrected chi connectivity index (χ1v) is 7.00. The molecule has 0 saturated carbocycles. The van der Waals surface area contributed by atoms with E-state index in [1.54, 1.807) is 7.11 Å². The summed E-state index contributed by atoms with van der Waals surface area (Å²) in [5, 5.41) is 3.33. The van der Waals surface area contributed by atoms with Gasteiger partial charge in [0.2, 0.25) is 0 Å². The number of anilines is 1. The maximum Gasteiger partial charge on any atom is 0.128 e. The molecule has 4 heteroatoms. The van der Waals surface area contributed by atoms with Crippen LogP contribution >= 0.6 is 0 Å². The molecule has 2 heterocycles. The summed E-state index contributed by atoms with van der Waals surface area (Å²) in [5.74, 6) is 1.10. The van der Waals surface area contributed by atoms with Crippen LogP contribution in [0.4, 0.5) is 5.82 Å². The van der Waals surface area contributed by atoms with E-state index >= 15 is 0 Å². The van der Waals surface area contributed by atoms with Gasteiger partial charge in [0.15, 0.2) is 0 Å². The van der Waals surface area contributed by atoms with E-state index in [0.717, 1.165) is 38.6 Å². The summed E-state index contributed by atoms with van der Waals surface area (Å²) < 4.78 is 5.00. The number of hydrogen-bond acceptors (Lipinski definition) is 4. The maximum atomic E-state index is 5.00. The summed E-state index contributed by atoms with van der Waals surface area (Å²) in [6.07, 6.45) is 3.22. The maximum absolute atomic E-state index is 5.00. The summed E-state index contributed by atoms with van der Waals surface area (Å²) in [4.78, 5) is 6.96. The molecule has 4 nitrogen and oxygen atoms in total. The first kappa shape index (κ1) is 14.3. The molecule has 1 saturated heterocycles. The molecule has 2 rings (SSSR count). The van der Waals surface area contributed by atoms with Crippen molar-refractivity contribution in [3.63, 3.8) is 0 Å². The van der Waals surface area contributed by atoms with E-state index in [2.05, 4.69) is 41.2 Å². The van der Waals surface area contributed by atoms with Gasteiger partial charge in [0.05, 0.1) is 6.61 Å². The summed E-state index contributed by atoms with van der Waals surface area (Å²) in [6, 6.07) is 4.29. The average Bonchev–Trinajstić information content (AvgIpc) is 2.76. The molecule has 1 fully saturated rings. The fraction of sp³-hybridized carbons (Fsp3) is 0.667. The molecule has 19 heavy (non-hydrogen) atoms. The van der Waals surface area contributed by atoms with Gasteiger partial charge in [0.25, 0.3) is 0 Å². The zero-order valence-corrected chi connectivity index (χ0v) is 12.3. The number of methoxy groups -OCH3 is 1. The Morgan fingerprint density at radius 1 is 1.42 bits per heavy atom. The monoisotopic (exact) mass is 263 g/mol. The lowest BCUT2D eigenvalue weighted by Crippen LogP contribution is -2.23. The molecular formula is C15H25N3O. The average molecular weight is 263 g/mol. The van der Waals surface area contributed by atoms with E-state index in [0.29, 0.717) is 5.41 Å². The Morgan fingerprint density at radius 2 is 2.26 bits per heavy atom. The summed E-state index contributed by atoms with van der Waals surface area (Å²) in [7, 11) is 1.72. The van der Waals surface area contributed by atoms with E-state index in [1.807, 2.05) is 6.20 Å². The lowest BCUT2D eigenvalue weighted by molar-refractivity contribution is 0.199. The Hall–Kier alpha value is -1.13. The van der Waals surface area contributed by atoms with Gasteiger partial charge in [0.1, 0.15) is 5.82 Å². The van der Waals surface area contributed by atoms with Crippen molar-refractivity contribution in [1.29, 1.82) is 0 Å². The van der Waals surface area contributed by atoms with Crippen molar-refractivity contribution >= 4 is 5.82 Å². The van der Waals surface area contributed by atoms with Crippen LogP contribution in [0.25, 0.3) is 0 Å². The minimum Gasteiger partial charge on any atom is -0.383 e. The van der Waals surface area contributed by atoms with Crippen molar-refractivity contribution in [2.24, 2.45) is 5.41 Å². The second-order valence-corrected chi connectivity index (χ2v) is 6.03. The van der Waals surface area contributed by atoms with Crippen molar-refractivity contribution in [3.05, 3.63) is 23.9 Å². The van der Waals surface area contributed by atoms with Crippen molar-refractivity contribution in [3.8, 4) is 0 Å². The van der Waals surface area contributed by atoms with Gasteiger partial charge in [-0.25, -0.2) is 4.98 Å². The van der Waals surface area contributed by atoms with Crippen LogP contribution in [0, 0.1) is 5.41 Å². The molecule has 0 unspecified atom stereocenters. The number of nitrogens with one attached hydrogen (secondary N) is 1. The smallest absolute Gasteiger partial charge is 0.128 e. The Balaban J connectivity index is 1.85. The van der Waals surface area contributed by atoms with Crippen LogP contribution in [0.1, 0.15) is 25.8 Å². The third-order valence-corrected chi connectivity index (χ3v) is 3.62. The number of rotatable bonds is 6. The molecule has 0 atom stereocenters. The predicted molar refractivity (Wildman–Crippen MR) is 78.4 cm³/mol. The Bertz CT molecular complexity index is 389. The van der Waals surface area contributed by atoms with Crippen molar-refractivity contribution in [1.82, 2.24) is 10.3 Å². The number of nitrogens with zero attached hydrogens (tertiary/aromatic N) is 2. The van der Waals surface area contributed by atoms with Gasteiger partial charge < -0.3 is 15.0 Å². The van der Waals surface area contributed by atoms with Gasteiger partial charge >= 0.3 is 0 Å². The van der Waals surface area contributed by atoms with Crippen LogP contribution in [-0.4, -0.2) is 38.3 Å². The summed E-state index contributed by atoms with van der Waals surface area (Å²) in [5.41, 5.74) is 1.64. The van der Waals surface area contributed by atoms with Gasteiger partial charge in [-0.1, -0.05) is 19.9 Å². The summed E-state index contributed by atoms with van der Waals surface area (Å²) >= 11 is 0. The molecule has 0 aromatic carbocycles. The highest BCUT2D eigenvalue weighted by Crippen LogP contribution is 2.31. The number of ether oxygens (including phenoxy) is 1. The zero-order valence-electron chi connectivity index (χ0n) is 12.3. The molecule has 106 valence electrons. The molecule has 0 radical (unpaired) electrons. The molecule has 0 aliphatic carbocycles. The number of hydrogen-bond donors (Lipinski definition) is 1. The van der Waals surface area contributed by atoms with Gasteiger partial charge in [-0.05, 0) is 23.5 Å². The zero-order chi connectivity index (χ0) is 13.7. The van der Waals surface area contributed by atoms with Crippen molar-refractivity contribution < 1.29 is 4.74 Å². The fourth-order valence-corrected chi connectivity index (χ4v) is 2.42. The number of pyridine rings is 1. The predicted octanol–water partition coefficient (Wildman–Crippen LogP) is 2.05. The van der Waals surface area contributed by atoms with Crippen LogP contribution in [0.2, 0.25) is 0 Å². The van der Waals surface area contributed by atoms with Crippen LogP contribution in [0.3, 0.4) is 0 Å². The minimum absolute atomic E-state index is 0.419. The Morgan fingerprint density at radius 3 is 2.84 bits per heavy atom. The van der Waals surface area contributed by atoms with Crippen LogP contribution in [-0.2, 0) is 11.3 Å². The Kier molecular flexibility index (Phi) is 4.77. The molecule has 1 aromatic rings. The normalized spacial score (nSPS) is 17.9. The standard InChI is InChI=1S/C15H25N3O/c1-15(2)6-8-18(12-15)14-5-4-13(11-17-14)10-16-7-9-19-3/h4-5,11,16H,6-10,12H2,1-3H3. The van der Waals surface area contributed by atoms with Gasteiger partial charge in [-0.15, -0.1) is 0 Å². The first-order chi connectivity index (χ1) is 9.11. The molecule has 1 aromatic heterocycles. The van der Waals surface area contributed by atoms with Gasteiger partial charge in [0, 0.05) is 39.5 Å². The highest BCUT2D eigenvalue weighted by Gasteiger charge is 2.29. The first-order valence-electron chi connectivity index (χ1n) is 7.00. The fourth-order valence-electron chi connectivity index (χ4n) is 2.42. The molecule has 1 aliphatic rings. The molecule has 0 spiro atoms. The summed E-state index contributed by atoms with van der Waals surface area (Å²) in [6.45, 7) is 9.33. The van der Waals surface area contributed by atoms with E-state index in [9.17, 15) is 0 Å². The minimum atomic E-state index is 0.419.